The molecule has 1 atom stereocenters. The van der Waals surface area contributed by atoms with E-state index in [1.807, 2.05) is 67.6 Å². The lowest BCUT2D eigenvalue weighted by atomic mass is 10.0. The molecule has 0 saturated carbocycles. The summed E-state index contributed by atoms with van der Waals surface area (Å²) in [7, 11) is -3.75. The van der Waals surface area contributed by atoms with Gasteiger partial charge in [0.25, 0.3) is 0 Å². The van der Waals surface area contributed by atoms with Gasteiger partial charge in [-0.1, -0.05) is 78.9 Å². The van der Waals surface area contributed by atoms with Crippen molar-refractivity contribution in [2.75, 3.05) is 23.7 Å². The summed E-state index contributed by atoms with van der Waals surface area (Å²) >= 11 is 0. The number of carbonyl (C=O) groups is 2. The Morgan fingerprint density at radius 1 is 0.829 bits per heavy atom. The van der Waals surface area contributed by atoms with E-state index in [4.69, 9.17) is 0 Å². The summed E-state index contributed by atoms with van der Waals surface area (Å²) in [6.07, 6.45) is 1.37. The standard InChI is InChI=1S/C27H31N3O4S/c1-3-28-27(32)25(19-22-13-7-4-8-14-22)29(20-23-15-9-5-10-16-23)26(31)21-30(35(2,33)34)24-17-11-6-12-18-24/h4-18,25H,3,19-21H2,1-2H3,(H,28,32)/t25-/m0/s1. The molecule has 35 heavy (non-hydrogen) atoms. The summed E-state index contributed by atoms with van der Waals surface area (Å²) in [6.45, 7) is 1.99. The quantitative estimate of drug-likeness (QED) is 0.444. The van der Waals surface area contributed by atoms with E-state index in [1.165, 1.54) is 4.90 Å². The van der Waals surface area contributed by atoms with Crippen molar-refractivity contribution in [2.24, 2.45) is 0 Å². The molecule has 0 aliphatic rings. The third-order valence-electron chi connectivity index (χ3n) is 5.54. The predicted molar refractivity (Wildman–Crippen MR) is 138 cm³/mol. The largest absolute Gasteiger partial charge is 0.355 e. The number of rotatable bonds is 11. The van der Waals surface area contributed by atoms with Gasteiger partial charge in [-0.15, -0.1) is 0 Å². The fraction of sp³-hybridized carbons (Fsp3) is 0.259. The van der Waals surface area contributed by atoms with Crippen LogP contribution in [0.3, 0.4) is 0 Å². The summed E-state index contributed by atoms with van der Waals surface area (Å²) in [5.41, 5.74) is 2.13. The lowest BCUT2D eigenvalue weighted by Gasteiger charge is -2.33. The highest BCUT2D eigenvalue weighted by atomic mass is 32.2. The van der Waals surface area contributed by atoms with Crippen LogP contribution in [-0.4, -0.2) is 50.5 Å². The molecule has 0 aliphatic heterocycles. The molecule has 0 unspecified atom stereocenters. The second kappa shape index (κ2) is 12.2. The Morgan fingerprint density at radius 3 is 1.86 bits per heavy atom. The molecular formula is C27H31N3O4S. The van der Waals surface area contributed by atoms with Gasteiger partial charge in [-0.05, 0) is 30.2 Å². The predicted octanol–water partition coefficient (Wildman–Crippen LogP) is 3.23. The van der Waals surface area contributed by atoms with Crippen LogP contribution in [0, 0.1) is 0 Å². The summed E-state index contributed by atoms with van der Waals surface area (Å²) in [4.78, 5) is 28.4. The van der Waals surface area contributed by atoms with Gasteiger partial charge >= 0.3 is 0 Å². The van der Waals surface area contributed by atoms with Gasteiger partial charge in [0.1, 0.15) is 12.6 Å². The van der Waals surface area contributed by atoms with Crippen LogP contribution in [0.25, 0.3) is 0 Å². The second-order valence-electron chi connectivity index (χ2n) is 8.21. The fourth-order valence-electron chi connectivity index (χ4n) is 3.83. The van der Waals surface area contributed by atoms with Gasteiger partial charge in [-0.3, -0.25) is 13.9 Å². The molecule has 0 bridgehead atoms. The molecule has 184 valence electrons. The summed E-state index contributed by atoms with van der Waals surface area (Å²) < 4.78 is 26.3. The van der Waals surface area contributed by atoms with Crippen LogP contribution in [0.1, 0.15) is 18.1 Å². The summed E-state index contributed by atoms with van der Waals surface area (Å²) in [5, 5.41) is 2.84. The highest BCUT2D eigenvalue weighted by Crippen LogP contribution is 2.20. The number of anilines is 1. The van der Waals surface area contributed by atoms with Crippen LogP contribution < -0.4 is 9.62 Å². The summed E-state index contributed by atoms with van der Waals surface area (Å²) in [6, 6.07) is 26.5. The molecule has 0 heterocycles. The average Bonchev–Trinajstić information content (AvgIpc) is 2.85. The first-order chi connectivity index (χ1) is 16.8. The van der Waals surface area contributed by atoms with Crippen LogP contribution in [0.5, 0.6) is 0 Å². The van der Waals surface area contributed by atoms with Crippen LogP contribution >= 0.6 is 0 Å². The van der Waals surface area contributed by atoms with E-state index in [0.29, 0.717) is 18.7 Å². The van der Waals surface area contributed by atoms with E-state index >= 15 is 0 Å². The van der Waals surface area contributed by atoms with Crippen LogP contribution in [0.15, 0.2) is 91.0 Å². The maximum Gasteiger partial charge on any atom is 0.244 e. The summed E-state index contributed by atoms with van der Waals surface area (Å²) in [5.74, 6) is -0.749. The number of amides is 2. The van der Waals surface area contributed by atoms with Crippen molar-refractivity contribution in [1.82, 2.24) is 10.2 Å². The monoisotopic (exact) mass is 493 g/mol. The Hall–Kier alpha value is -3.65. The number of carbonyl (C=O) groups excluding carboxylic acids is 2. The molecule has 0 fully saturated rings. The van der Waals surface area contributed by atoms with Crippen molar-refractivity contribution >= 4 is 27.5 Å². The fourth-order valence-corrected chi connectivity index (χ4v) is 4.68. The lowest BCUT2D eigenvalue weighted by Crippen LogP contribution is -2.53. The average molecular weight is 494 g/mol. The zero-order chi connectivity index (χ0) is 25.3. The number of nitrogens with zero attached hydrogens (tertiary/aromatic N) is 2. The van der Waals surface area contributed by atoms with Gasteiger partial charge in [-0.25, -0.2) is 8.42 Å². The number of para-hydroxylation sites is 1. The number of benzene rings is 3. The first-order valence-electron chi connectivity index (χ1n) is 11.5. The topological polar surface area (TPSA) is 86.8 Å². The number of likely N-dealkylation sites (N-methyl/N-ethyl adjacent to an activating group) is 1. The van der Waals surface area contributed by atoms with Gasteiger partial charge in [0.15, 0.2) is 0 Å². The lowest BCUT2D eigenvalue weighted by molar-refractivity contribution is -0.140. The molecule has 3 aromatic carbocycles. The number of nitrogens with one attached hydrogen (secondary N) is 1. The van der Waals surface area contributed by atoms with Gasteiger partial charge < -0.3 is 10.2 Å². The van der Waals surface area contributed by atoms with E-state index in [1.54, 1.807) is 30.3 Å². The first kappa shape index (κ1) is 26.0. The minimum absolute atomic E-state index is 0.167. The van der Waals surface area contributed by atoms with E-state index in [2.05, 4.69) is 5.32 Å². The Morgan fingerprint density at radius 2 is 1.34 bits per heavy atom. The molecule has 0 saturated heterocycles. The molecule has 2 amide bonds. The van der Waals surface area contributed by atoms with Gasteiger partial charge in [0.2, 0.25) is 21.8 Å². The maximum atomic E-state index is 13.8. The molecule has 0 aromatic heterocycles. The first-order valence-corrected chi connectivity index (χ1v) is 13.3. The van der Waals surface area contributed by atoms with Crippen LogP contribution in [0.2, 0.25) is 0 Å². The third kappa shape index (κ3) is 7.42. The third-order valence-corrected chi connectivity index (χ3v) is 6.68. The molecule has 3 rings (SSSR count). The number of hydrogen-bond acceptors (Lipinski definition) is 4. The van der Waals surface area contributed by atoms with Crippen molar-refractivity contribution in [3.05, 3.63) is 102 Å². The molecule has 3 aromatic rings. The van der Waals surface area contributed by atoms with Gasteiger partial charge in [-0.2, -0.15) is 0 Å². The van der Waals surface area contributed by atoms with Crippen LogP contribution in [-0.2, 0) is 32.6 Å². The molecule has 0 aliphatic carbocycles. The van der Waals surface area contributed by atoms with Gasteiger partial charge in [0, 0.05) is 19.5 Å². The minimum atomic E-state index is -3.75. The van der Waals surface area contributed by atoms with E-state index in [0.717, 1.165) is 21.7 Å². The minimum Gasteiger partial charge on any atom is -0.355 e. The van der Waals surface area contributed by atoms with Crippen molar-refractivity contribution < 1.29 is 18.0 Å². The second-order valence-corrected chi connectivity index (χ2v) is 10.1. The van der Waals surface area contributed by atoms with Crippen molar-refractivity contribution in [1.29, 1.82) is 0 Å². The molecule has 7 nitrogen and oxygen atoms in total. The van der Waals surface area contributed by atoms with Crippen molar-refractivity contribution in [3.8, 4) is 0 Å². The molecule has 8 heteroatoms. The number of sulfonamides is 1. The van der Waals surface area contributed by atoms with E-state index in [9.17, 15) is 18.0 Å². The molecule has 0 radical (unpaired) electrons. The smallest absolute Gasteiger partial charge is 0.244 e. The zero-order valence-corrected chi connectivity index (χ0v) is 20.8. The highest BCUT2D eigenvalue weighted by molar-refractivity contribution is 7.92. The van der Waals surface area contributed by atoms with E-state index < -0.39 is 28.5 Å². The normalized spacial score (nSPS) is 11.9. The Kier molecular flexibility index (Phi) is 9.03. The Bertz CT molecular complexity index is 1200. The molecule has 0 spiro atoms. The SMILES string of the molecule is CCNC(=O)[C@H](Cc1ccccc1)N(Cc1ccccc1)C(=O)CN(c1ccccc1)S(C)(=O)=O. The maximum absolute atomic E-state index is 13.8. The van der Waals surface area contributed by atoms with Crippen LogP contribution in [0.4, 0.5) is 5.69 Å². The zero-order valence-electron chi connectivity index (χ0n) is 20.0. The van der Waals surface area contributed by atoms with Crippen molar-refractivity contribution in [2.45, 2.75) is 25.9 Å². The van der Waals surface area contributed by atoms with Gasteiger partial charge in [0.05, 0.1) is 11.9 Å². The Labute approximate surface area is 207 Å². The Balaban J connectivity index is 2.00. The van der Waals surface area contributed by atoms with E-state index in [-0.39, 0.29) is 12.5 Å². The molecular weight excluding hydrogens is 462 g/mol. The number of hydrogen-bond donors (Lipinski definition) is 1. The van der Waals surface area contributed by atoms with Crippen molar-refractivity contribution in [3.63, 3.8) is 0 Å². The molecule has 1 N–H and O–H groups in total. The highest BCUT2D eigenvalue weighted by Gasteiger charge is 2.32.